The highest BCUT2D eigenvalue weighted by Gasteiger charge is 2.15. The molecule has 0 bridgehead atoms. The van der Waals surface area contributed by atoms with E-state index in [2.05, 4.69) is 25.1 Å². The van der Waals surface area contributed by atoms with E-state index >= 15 is 0 Å². The van der Waals surface area contributed by atoms with Gasteiger partial charge in [0.15, 0.2) is 0 Å². The summed E-state index contributed by atoms with van der Waals surface area (Å²) in [6.45, 7) is 2.85. The highest BCUT2D eigenvalue weighted by molar-refractivity contribution is 7.10. The summed E-state index contributed by atoms with van der Waals surface area (Å²) in [7, 11) is 1.71. The Morgan fingerprint density at radius 3 is 2.58 bits per heavy atom. The Bertz CT molecular complexity index is 502. The molecule has 2 rings (SSSR count). The summed E-state index contributed by atoms with van der Waals surface area (Å²) in [4.78, 5) is 1.06. The van der Waals surface area contributed by atoms with Crippen LogP contribution in [0.15, 0.2) is 35.7 Å². The Kier molecular flexibility index (Phi) is 5.14. The Balaban J connectivity index is 2.13. The molecule has 3 heteroatoms. The first-order chi connectivity index (χ1) is 9.26. The van der Waals surface area contributed by atoms with Crippen molar-refractivity contribution in [2.45, 2.75) is 25.9 Å². The average molecular weight is 276 g/mol. The van der Waals surface area contributed by atoms with Crippen LogP contribution in [0.1, 0.15) is 34.6 Å². The number of rotatable bonds is 6. The number of aliphatic hydroxyl groups excluding tert-OH is 1. The van der Waals surface area contributed by atoms with Crippen molar-refractivity contribution in [1.82, 2.24) is 0 Å². The molecule has 0 aliphatic rings. The summed E-state index contributed by atoms with van der Waals surface area (Å²) in [5, 5.41) is 12.5. The van der Waals surface area contributed by atoms with E-state index in [1.54, 1.807) is 18.4 Å². The molecule has 1 N–H and O–H groups in total. The van der Waals surface area contributed by atoms with Gasteiger partial charge in [-0.2, -0.15) is 0 Å². The van der Waals surface area contributed by atoms with E-state index in [1.807, 2.05) is 17.5 Å². The van der Waals surface area contributed by atoms with Gasteiger partial charge in [0, 0.05) is 12.0 Å². The summed E-state index contributed by atoms with van der Waals surface area (Å²) in [6.07, 6.45) is 1.36. The number of aliphatic hydroxyl groups is 1. The Hall–Kier alpha value is -1.16. The van der Waals surface area contributed by atoms with Crippen LogP contribution in [0.25, 0.3) is 0 Å². The van der Waals surface area contributed by atoms with Gasteiger partial charge in [-0.05, 0) is 41.0 Å². The van der Waals surface area contributed by atoms with Gasteiger partial charge in [0.1, 0.15) is 6.10 Å². The minimum absolute atomic E-state index is 0.508. The molecule has 0 amide bonds. The zero-order chi connectivity index (χ0) is 13.7. The number of ether oxygens (including phenoxy) is 1. The first kappa shape index (κ1) is 14.3. The van der Waals surface area contributed by atoms with E-state index in [1.165, 1.54) is 11.1 Å². The van der Waals surface area contributed by atoms with Gasteiger partial charge in [-0.3, -0.25) is 0 Å². The first-order valence-electron chi connectivity index (χ1n) is 6.58. The predicted octanol–water partition coefficient (Wildman–Crippen LogP) is 3.58. The smallest absolute Gasteiger partial charge is 0.113 e. The summed E-state index contributed by atoms with van der Waals surface area (Å²) >= 11 is 1.63. The van der Waals surface area contributed by atoms with E-state index in [0.29, 0.717) is 0 Å². The molecule has 1 atom stereocenters. The van der Waals surface area contributed by atoms with Crippen molar-refractivity contribution >= 4 is 11.3 Å². The largest absolute Gasteiger partial charge is 0.384 e. The lowest BCUT2D eigenvalue weighted by Gasteiger charge is -2.12. The molecule has 0 fully saturated rings. The van der Waals surface area contributed by atoms with E-state index < -0.39 is 6.10 Å². The molecule has 2 aromatic rings. The normalized spacial score (nSPS) is 12.6. The number of hydrogen-bond acceptors (Lipinski definition) is 3. The van der Waals surface area contributed by atoms with Crippen LogP contribution in [0.3, 0.4) is 0 Å². The summed E-state index contributed by atoms with van der Waals surface area (Å²) in [5.74, 6) is 0. The van der Waals surface area contributed by atoms with Gasteiger partial charge in [-0.1, -0.05) is 31.2 Å². The monoisotopic (exact) mass is 276 g/mol. The Labute approximate surface area is 118 Å². The molecule has 1 heterocycles. The molecule has 0 spiro atoms. The third-order valence-corrected chi connectivity index (χ3v) is 4.31. The Morgan fingerprint density at radius 2 is 1.95 bits per heavy atom. The van der Waals surface area contributed by atoms with Crippen LogP contribution in [-0.2, 0) is 17.6 Å². The van der Waals surface area contributed by atoms with Gasteiger partial charge in [0.2, 0.25) is 0 Å². The summed E-state index contributed by atoms with van der Waals surface area (Å²) in [5.41, 5.74) is 3.43. The lowest BCUT2D eigenvalue weighted by molar-refractivity contribution is 0.202. The number of thiophene rings is 1. The minimum Gasteiger partial charge on any atom is -0.384 e. The zero-order valence-electron chi connectivity index (χ0n) is 11.4. The number of aryl methyl sites for hydroxylation is 1. The van der Waals surface area contributed by atoms with Gasteiger partial charge in [0.05, 0.1) is 6.61 Å². The quantitative estimate of drug-likeness (QED) is 0.874. The fourth-order valence-electron chi connectivity index (χ4n) is 2.12. The summed E-state index contributed by atoms with van der Waals surface area (Å²) < 4.78 is 5.06. The second-order valence-corrected chi connectivity index (χ2v) is 5.50. The molecule has 0 saturated heterocycles. The molecule has 1 aromatic carbocycles. The molecule has 1 aromatic heterocycles. The minimum atomic E-state index is -0.508. The molecule has 2 nitrogen and oxygen atoms in total. The van der Waals surface area contributed by atoms with Crippen LogP contribution in [0.4, 0.5) is 0 Å². The van der Waals surface area contributed by atoms with Gasteiger partial charge >= 0.3 is 0 Å². The van der Waals surface area contributed by atoms with E-state index in [0.717, 1.165) is 29.9 Å². The standard InChI is InChI=1S/C16H20O2S/c1-3-13-9-11-19-16(13)15(17)14-6-4-12(5-7-14)8-10-18-2/h4-7,9,11,15,17H,3,8,10H2,1-2H3. The summed E-state index contributed by atoms with van der Waals surface area (Å²) in [6, 6.07) is 10.2. The second-order valence-electron chi connectivity index (χ2n) is 4.55. The van der Waals surface area contributed by atoms with Gasteiger partial charge < -0.3 is 9.84 Å². The predicted molar refractivity (Wildman–Crippen MR) is 79.8 cm³/mol. The number of hydrogen-bond donors (Lipinski definition) is 1. The fourth-order valence-corrected chi connectivity index (χ4v) is 3.12. The lowest BCUT2D eigenvalue weighted by atomic mass is 10.0. The maximum atomic E-state index is 10.4. The highest BCUT2D eigenvalue weighted by atomic mass is 32.1. The SMILES string of the molecule is CCc1ccsc1C(O)c1ccc(CCOC)cc1. The van der Waals surface area contributed by atoms with Crippen LogP contribution >= 0.6 is 11.3 Å². The molecule has 0 aliphatic heterocycles. The van der Waals surface area contributed by atoms with Crippen molar-refractivity contribution < 1.29 is 9.84 Å². The maximum absolute atomic E-state index is 10.4. The van der Waals surface area contributed by atoms with Gasteiger partial charge in [0.25, 0.3) is 0 Å². The van der Waals surface area contributed by atoms with Crippen molar-refractivity contribution in [1.29, 1.82) is 0 Å². The third kappa shape index (κ3) is 3.44. The van der Waals surface area contributed by atoms with Crippen LogP contribution in [0, 0.1) is 0 Å². The molecular formula is C16H20O2S. The van der Waals surface area contributed by atoms with Crippen LogP contribution in [0.2, 0.25) is 0 Å². The molecule has 19 heavy (non-hydrogen) atoms. The lowest BCUT2D eigenvalue weighted by Crippen LogP contribution is -2.01. The van der Waals surface area contributed by atoms with Crippen LogP contribution in [-0.4, -0.2) is 18.8 Å². The topological polar surface area (TPSA) is 29.5 Å². The van der Waals surface area contributed by atoms with Crippen molar-refractivity contribution in [3.63, 3.8) is 0 Å². The van der Waals surface area contributed by atoms with Crippen molar-refractivity contribution in [2.75, 3.05) is 13.7 Å². The van der Waals surface area contributed by atoms with Crippen LogP contribution < -0.4 is 0 Å². The average Bonchev–Trinajstić information content (AvgIpc) is 2.93. The van der Waals surface area contributed by atoms with Gasteiger partial charge in [-0.25, -0.2) is 0 Å². The number of benzene rings is 1. The second kappa shape index (κ2) is 6.85. The first-order valence-corrected chi connectivity index (χ1v) is 7.46. The zero-order valence-corrected chi connectivity index (χ0v) is 12.2. The van der Waals surface area contributed by atoms with Crippen LogP contribution in [0.5, 0.6) is 0 Å². The van der Waals surface area contributed by atoms with E-state index in [4.69, 9.17) is 4.74 Å². The van der Waals surface area contributed by atoms with Crippen molar-refractivity contribution in [3.05, 3.63) is 57.3 Å². The molecule has 0 radical (unpaired) electrons. The molecular weight excluding hydrogens is 256 g/mol. The van der Waals surface area contributed by atoms with E-state index in [-0.39, 0.29) is 0 Å². The highest BCUT2D eigenvalue weighted by Crippen LogP contribution is 2.30. The van der Waals surface area contributed by atoms with Gasteiger partial charge in [-0.15, -0.1) is 11.3 Å². The van der Waals surface area contributed by atoms with E-state index in [9.17, 15) is 5.11 Å². The maximum Gasteiger partial charge on any atom is 0.113 e. The van der Waals surface area contributed by atoms with Crippen molar-refractivity contribution in [2.24, 2.45) is 0 Å². The molecule has 1 unspecified atom stereocenters. The Morgan fingerprint density at radius 1 is 1.21 bits per heavy atom. The molecule has 0 aliphatic carbocycles. The number of methoxy groups -OCH3 is 1. The molecule has 102 valence electrons. The fraction of sp³-hybridized carbons (Fsp3) is 0.375. The van der Waals surface area contributed by atoms with Crippen molar-refractivity contribution in [3.8, 4) is 0 Å². The molecule has 0 saturated carbocycles. The third-order valence-electron chi connectivity index (χ3n) is 3.30.